The molecule has 0 heterocycles. The number of hydrogen-bond donors (Lipinski definition) is 1. The lowest BCUT2D eigenvalue weighted by atomic mass is 9.93. The normalized spacial score (nSPS) is 12.4. The van der Waals surface area contributed by atoms with Crippen LogP contribution in [0.15, 0.2) is 36.4 Å². The van der Waals surface area contributed by atoms with Crippen molar-refractivity contribution in [3.8, 4) is 0 Å². The summed E-state index contributed by atoms with van der Waals surface area (Å²) in [4.78, 5) is 0. The highest BCUT2D eigenvalue weighted by molar-refractivity contribution is 6.31. The predicted molar refractivity (Wildman–Crippen MR) is 87.5 cm³/mol. The summed E-state index contributed by atoms with van der Waals surface area (Å²) < 4.78 is 13.8. The summed E-state index contributed by atoms with van der Waals surface area (Å²) in [6.45, 7) is 6.90. The summed E-state index contributed by atoms with van der Waals surface area (Å²) in [7, 11) is 0. The quantitative estimate of drug-likeness (QED) is 0.802. The van der Waals surface area contributed by atoms with Crippen molar-refractivity contribution in [3.63, 3.8) is 0 Å². The van der Waals surface area contributed by atoms with Crippen LogP contribution in [0, 0.1) is 19.7 Å². The van der Waals surface area contributed by atoms with Gasteiger partial charge in [0.15, 0.2) is 0 Å². The van der Waals surface area contributed by atoms with Crippen molar-refractivity contribution < 1.29 is 4.39 Å². The molecular weight excluding hydrogens is 285 g/mol. The predicted octanol–water partition coefficient (Wildman–Crippen LogP) is 5.18. The zero-order valence-corrected chi connectivity index (χ0v) is 13.5. The third-order valence-corrected chi connectivity index (χ3v) is 4.03. The van der Waals surface area contributed by atoms with Crippen LogP contribution in [0.1, 0.15) is 41.6 Å². The van der Waals surface area contributed by atoms with Gasteiger partial charge in [0.25, 0.3) is 0 Å². The first-order valence-corrected chi connectivity index (χ1v) is 7.66. The molecule has 0 bridgehead atoms. The van der Waals surface area contributed by atoms with E-state index in [1.807, 2.05) is 32.0 Å². The Morgan fingerprint density at radius 2 is 1.95 bits per heavy atom. The first-order valence-electron chi connectivity index (χ1n) is 7.28. The lowest BCUT2D eigenvalue weighted by Gasteiger charge is -2.22. The molecule has 0 aromatic heterocycles. The van der Waals surface area contributed by atoms with Gasteiger partial charge in [0.2, 0.25) is 0 Å². The van der Waals surface area contributed by atoms with E-state index in [1.54, 1.807) is 12.1 Å². The fourth-order valence-corrected chi connectivity index (χ4v) is 2.75. The summed E-state index contributed by atoms with van der Waals surface area (Å²) in [6.07, 6.45) is 1.02. The summed E-state index contributed by atoms with van der Waals surface area (Å²) in [5.74, 6) is -0.201. The molecule has 0 aliphatic heterocycles. The molecule has 1 nitrogen and oxygen atoms in total. The van der Waals surface area contributed by atoms with Crippen LogP contribution in [-0.2, 0) is 0 Å². The number of benzene rings is 2. The van der Waals surface area contributed by atoms with Gasteiger partial charge in [0.1, 0.15) is 5.82 Å². The lowest BCUT2D eigenvalue weighted by molar-refractivity contribution is 0.583. The average molecular weight is 306 g/mol. The zero-order valence-electron chi connectivity index (χ0n) is 12.7. The summed E-state index contributed by atoms with van der Waals surface area (Å²) in [5.41, 5.74) is 4.00. The van der Waals surface area contributed by atoms with Crippen molar-refractivity contribution in [2.45, 2.75) is 33.2 Å². The number of nitrogens with one attached hydrogen (secondary N) is 1. The van der Waals surface area contributed by atoms with Crippen LogP contribution in [0.5, 0.6) is 0 Å². The van der Waals surface area contributed by atoms with Crippen molar-refractivity contribution in [1.29, 1.82) is 0 Å². The number of hydrogen-bond acceptors (Lipinski definition) is 1. The van der Waals surface area contributed by atoms with E-state index in [4.69, 9.17) is 11.6 Å². The Bertz CT molecular complexity index is 604. The Morgan fingerprint density at radius 1 is 1.19 bits per heavy atom. The average Bonchev–Trinajstić information content (AvgIpc) is 2.42. The molecule has 0 aliphatic rings. The Balaban J connectivity index is 2.49. The fourth-order valence-electron chi connectivity index (χ4n) is 2.56. The Morgan fingerprint density at radius 3 is 2.62 bits per heavy atom. The van der Waals surface area contributed by atoms with E-state index in [-0.39, 0.29) is 11.9 Å². The highest BCUT2D eigenvalue weighted by Crippen LogP contribution is 2.29. The maximum atomic E-state index is 13.8. The minimum absolute atomic E-state index is 0.0435. The van der Waals surface area contributed by atoms with Gasteiger partial charge in [-0.05, 0) is 67.3 Å². The maximum Gasteiger partial charge on any atom is 0.123 e. The van der Waals surface area contributed by atoms with E-state index in [0.717, 1.165) is 40.2 Å². The first kappa shape index (κ1) is 16.0. The molecule has 0 fully saturated rings. The Kier molecular flexibility index (Phi) is 5.38. The van der Waals surface area contributed by atoms with E-state index in [0.29, 0.717) is 0 Å². The number of halogens is 2. The largest absolute Gasteiger partial charge is 0.306 e. The smallest absolute Gasteiger partial charge is 0.123 e. The van der Waals surface area contributed by atoms with Crippen molar-refractivity contribution >= 4 is 11.6 Å². The van der Waals surface area contributed by atoms with E-state index in [1.165, 1.54) is 0 Å². The van der Waals surface area contributed by atoms with Crippen molar-refractivity contribution in [3.05, 3.63) is 69.5 Å². The van der Waals surface area contributed by atoms with Crippen molar-refractivity contribution in [2.24, 2.45) is 0 Å². The minimum Gasteiger partial charge on any atom is -0.306 e. The highest BCUT2D eigenvalue weighted by Gasteiger charge is 2.17. The molecule has 0 amide bonds. The zero-order chi connectivity index (χ0) is 15.4. The van der Waals surface area contributed by atoms with E-state index >= 15 is 0 Å². The lowest BCUT2D eigenvalue weighted by Crippen LogP contribution is -2.24. The van der Waals surface area contributed by atoms with Gasteiger partial charge < -0.3 is 5.32 Å². The van der Waals surface area contributed by atoms with Gasteiger partial charge in [0.05, 0.1) is 6.04 Å². The van der Waals surface area contributed by atoms with Crippen LogP contribution in [0.4, 0.5) is 4.39 Å². The van der Waals surface area contributed by atoms with Crippen LogP contribution in [0.25, 0.3) is 0 Å². The van der Waals surface area contributed by atoms with Gasteiger partial charge in [-0.25, -0.2) is 4.39 Å². The van der Waals surface area contributed by atoms with E-state index in [2.05, 4.69) is 18.3 Å². The molecular formula is C18H21ClFN. The molecule has 3 heteroatoms. The van der Waals surface area contributed by atoms with Gasteiger partial charge in [-0.1, -0.05) is 36.7 Å². The molecule has 2 rings (SSSR count). The number of rotatable bonds is 5. The summed E-state index contributed by atoms with van der Waals surface area (Å²) in [5, 5.41) is 4.24. The van der Waals surface area contributed by atoms with Crippen LogP contribution in [0.2, 0.25) is 5.02 Å². The molecule has 21 heavy (non-hydrogen) atoms. The van der Waals surface area contributed by atoms with Gasteiger partial charge in [-0.2, -0.15) is 0 Å². The molecule has 112 valence electrons. The molecule has 0 saturated carbocycles. The maximum absolute atomic E-state index is 13.8. The first-order chi connectivity index (χ1) is 10.0. The molecule has 2 aromatic carbocycles. The topological polar surface area (TPSA) is 12.0 Å². The van der Waals surface area contributed by atoms with Gasteiger partial charge in [-0.15, -0.1) is 0 Å². The van der Waals surface area contributed by atoms with E-state index in [9.17, 15) is 4.39 Å². The van der Waals surface area contributed by atoms with Crippen LogP contribution in [0.3, 0.4) is 0 Å². The third-order valence-electron chi connectivity index (χ3n) is 3.62. The second-order valence-electron chi connectivity index (χ2n) is 5.40. The molecule has 1 N–H and O–H groups in total. The molecule has 1 unspecified atom stereocenters. The van der Waals surface area contributed by atoms with Gasteiger partial charge in [0, 0.05) is 5.02 Å². The standard InChI is InChI=1S/C18H21ClFN/c1-4-8-21-18(14-9-12(2)10-15(20)11-14)16-6-5-7-17(19)13(16)3/h5-7,9-11,18,21H,4,8H2,1-3H3. The molecule has 2 aromatic rings. The molecule has 0 saturated heterocycles. The Labute approximate surface area is 131 Å². The monoisotopic (exact) mass is 305 g/mol. The van der Waals surface area contributed by atoms with E-state index < -0.39 is 0 Å². The van der Waals surface area contributed by atoms with Crippen molar-refractivity contribution in [2.75, 3.05) is 6.54 Å². The Hall–Kier alpha value is -1.38. The molecule has 0 aliphatic carbocycles. The van der Waals surface area contributed by atoms with Gasteiger partial charge in [-0.3, -0.25) is 0 Å². The van der Waals surface area contributed by atoms with Crippen LogP contribution >= 0.6 is 11.6 Å². The van der Waals surface area contributed by atoms with Crippen LogP contribution in [-0.4, -0.2) is 6.54 Å². The minimum atomic E-state index is -0.201. The molecule has 0 radical (unpaired) electrons. The summed E-state index contributed by atoms with van der Waals surface area (Å²) >= 11 is 6.24. The van der Waals surface area contributed by atoms with Crippen molar-refractivity contribution in [1.82, 2.24) is 5.32 Å². The molecule has 1 atom stereocenters. The fraction of sp³-hybridized carbons (Fsp3) is 0.333. The highest BCUT2D eigenvalue weighted by atomic mass is 35.5. The second kappa shape index (κ2) is 7.06. The molecule has 0 spiro atoms. The second-order valence-corrected chi connectivity index (χ2v) is 5.81. The number of aryl methyl sites for hydroxylation is 1. The third kappa shape index (κ3) is 3.84. The summed E-state index contributed by atoms with van der Waals surface area (Å²) in [6, 6.07) is 11.0. The van der Waals surface area contributed by atoms with Gasteiger partial charge >= 0.3 is 0 Å². The SMILES string of the molecule is CCCNC(c1cc(C)cc(F)c1)c1cccc(Cl)c1C. The van der Waals surface area contributed by atoms with Crippen LogP contribution < -0.4 is 5.32 Å².